The van der Waals surface area contributed by atoms with Crippen LogP contribution in [0.5, 0.6) is 0 Å². The molecule has 1 heterocycles. The molecule has 4 nitrogen and oxygen atoms in total. The fourth-order valence-corrected chi connectivity index (χ4v) is 3.06. The van der Waals surface area contributed by atoms with Crippen LogP contribution in [0.15, 0.2) is 0 Å². The highest BCUT2D eigenvalue weighted by Gasteiger charge is 2.40. The van der Waals surface area contributed by atoms with E-state index in [1.807, 2.05) is 0 Å². The van der Waals surface area contributed by atoms with Crippen molar-refractivity contribution in [1.29, 1.82) is 0 Å². The van der Waals surface area contributed by atoms with Gasteiger partial charge in [-0.3, -0.25) is 4.79 Å². The summed E-state index contributed by atoms with van der Waals surface area (Å²) in [5.74, 6) is 0.137. The van der Waals surface area contributed by atoms with Crippen molar-refractivity contribution in [3.05, 3.63) is 0 Å². The molecule has 0 aromatic carbocycles. The second-order valence-corrected chi connectivity index (χ2v) is 5.91. The molecule has 1 aliphatic carbocycles. The van der Waals surface area contributed by atoms with Crippen molar-refractivity contribution in [3.8, 4) is 0 Å². The highest BCUT2D eigenvalue weighted by Crippen LogP contribution is 2.26. The highest BCUT2D eigenvalue weighted by atomic mass is 16.4. The molecule has 1 saturated heterocycles. The lowest BCUT2D eigenvalue weighted by molar-refractivity contribution is -0.139. The Hall–Kier alpha value is -0.610. The fraction of sp³-hybridized carbons (Fsp3) is 0.923. The standard InChI is InChI=1S/C13H24N2O2/c1-10-3-2-4-11(6-5-10)15-13(7-12(16)17)8-14-9-13/h10-11,14-15H,2-9H2,1H3,(H,16,17). The summed E-state index contributed by atoms with van der Waals surface area (Å²) in [5.41, 5.74) is -0.177. The summed E-state index contributed by atoms with van der Waals surface area (Å²) < 4.78 is 0. The number of carboxylic acid groups (broad SMARTS) is 1. The van der Waals surface area contributed by atoms with E-state index in [-0.39, 0.29) is 12.0 Å². The van der Waals surface area contributed by atoms with E-state index in [0.29, 0.717) is 6.04 Å². The van der Waals surface area contributed by atoms with Gasteiger partial charge in [-0.05, 0) is 25.2 Å². The quantitative estimate of drug-likeness (QED) is 0.649. The zero-order chi connectivity index (χ0) is 12.3. The van der Waals surface area contributed by atoms with E-state index in [2.05, 4.69) is 17.6 Å². The van der Waals surface area contributed by atoms with Crippen LogP contribution in [0.4, 0.5) is 0 Å². The molecule has 0 amide bonds. The molecule has 0 spiro atoms. The van der Waals surface area contributed by atoms with Crippen molar-refractivity contribution < 1.29 is 9.90 Å². The van der Waals surface area contributed by atoms with Gasteiger partial charge in [0.2, 0.25) is 0 Å². The Kier molecular flexibility index (Phi) is 4.05. The summed E-state index contributed by atoms with van der Waals surface area (Å²) in [6.07, 6.45) is 6.51. The maximum Gasteiger partial charge on any atom is 0.305 e. The van der Waals surface area contributed by atoms with E-state index in [4.69, 9.17) is 5.11 Å². The van der Waals surface area contributed by atoms with Crippen molar-refractivity contribution in [2.75, 3.05) is 13.1 Å². The molecular formula is C13H24N2O2. The van der Waals surface area contributed by atoms with Gasteiger partial charge in [0.05, 0.1) is 12.0 Å². The van der Waals surface area contributed by atoms with Gasteiger partial charge in [0.1, 0.15) is 0 Å². The molecule has 4 heteroatoms. The molecule has 0 aromatic heterocycles. The number of nitrogens with one attached hydrogen (secondary N) is 2. The van der Waals surface area contributed by atoms with E-state index >= 15 is 0 Å². The Bertz CT molecular complexity index is 277. The van der Waals surface area contributed by atoms with Crippen LogP contribution in [0.3, 0.4) is 0 Å². The SMILES string of the molecule is CC1CCCC(NC2(CC(=O)O)CNC2)CC1. The van der Waals surface area contributed by atoms with Gasteiger partial charge in [0.25, 0.3) is 0 Å². The van der Waals surface area contributed by atoms with Crippen molar-refractivity contribution in [1.82, 2.24) is 10.6 Å². The lowest BCUT2D eigenvalue weighted by Gasteiger charge is -2.45. The first-order chi connectivity index (χ1) is 8.10. The first-order valence-corrected chi connectivity index (χ1v) is 6.80. The number of carbonyl (C=O) groups is 1. The fourth-order valence-electron chi connectivity index (χ4n) is 3.06. The largest absolute Gasteiger partial charge is 0.481 e. The highest BCUT2D eigenvalue weighted by molar-refractivity contribution is 5.68. The van der Waals surface area contributed by atoms with Gasteiger partial charge in [0.15, 0.2) is 0 Å². The van der Waals surface area contributed by atoms with Crippen LogP contribution in [-0.4, -0.2) is 35.7 Å². The minimum atomic E-state index is -0.694. The average molecular weight is 240 g/mol. The van der Waals surface area contributed by atoms with E-state index < -0.39 is 5.97 Å². The van der Waals surface area contributed by atoms with Gasteiger partial charge >= 0.3 is 5.97 Å². The summed E-state index contributed by atoms with van der Waals surface area (Å²) in [7, 11) is 0. The van der Waals surface area contributed by atoms with Crippen LogP contribution in [0.25, 0.3) is 0 Å². The lowest BCUT2D eigenvalue weighted by atomic mass is 9.86. The maximum absolute atomic E-state index is 10.9. The predicted molar refractivity (Wildman–Crippen MR) is 67.0 cm³/mol. The van der Waals surface area contributed by atoms with E-state index in [1.54, 1.807) is 0 Å². The summed E-state index contributed by atoms with van der Waals surface area (Å²) in [6, 6.07) is 0.515. The topological polar surface area (TPSA) is 61.4 Å². The van der Waals surface area contributed by atoms with Gasteiger partial charge in [-0.1, -0.05) is 19.8 Å². The van der Waals surface area contributed by atoms with Crippen molar-refractivity contribution in [2.45, 2.75) is 57.0 Å². The smallest absolute Gasteiger partial charge is 0.305 e. The Morgan fingerprint density at radius 2 is 2.12 bits per heavy atom. The Morgan fingerprint density at radius 3 is 2.71 bits per heavy atom. The zero-order valence-corrected chi connectivity index (χ0v) is 10.7. The van der Waals surface area contributed by atoms with Crippen molar-refractivity contribution in [3.63, 3.8) is 0 Å². The van der Waals surface area contributed by atoms with Crippen molar-refractivity contribution >= 4 is 5.97 Å². The molecule has 3 N–H and O–H groups in total. The van der Waals surface area contributed by atoms with Crippen molar-refractivity contribution in [2.24, 2.45) is 5.92 Å². The van der Waals surface area contributed by atoms with E-state index in [0.717, 1.165) is 19.0 Å². The summed E-state index contributed by atoms with van der Waals surface area (Å²) in [5, 5.41) is 15.8. The number of aliphatic carboxylic acids is 1. The summed E-state index contributed by atoms with van der Waals surface area (Å²) >= 11 is 0. The molecule has 0 aromatic rings. The van der Waals surface area contributed by atoms with E-state index in [1.165, 1.54) is 32.1 Å². The third kappa shape index (κ3) is 3.42. The number of hydrogen-bond acceptors (Lipinski definition) is 3. The number of carboxylic acids is 1. The van der Waals surface area contributed by atoms with Gasteiger partial charge in [-0.15, -0.1) is 0 Å². The molecular weight excluding hydrogens is 216 g/mol. The molecule has 2 atom stereocenters. The minimum absolute atomic E-state index is 0.177. The number of rotatable bonds is 4. The van der Waals surface area contributed by atoms with Crippen LogP contribution >= 0.6 is 0 Å². The summed E-state index contributed by atoms with van der Waals surface area (Å²) in [4.78, 5) is 10.9. The first-order valence-electron chi connectivity index (χ1n) is 6.80. The Labute approximate surface area is 103 Å². The Morgan fingerprint density at radius 1 is 1.35 bits per heavy atom. The minimum Gasteiger partial charge on any atom is -0.481 e. The molecule has 0 bridgehead atoms. The molecule has 2 fully saturated rings. The molecule has 98 valence electrons. The molecule has 1 aliphatic heterocycles. The Balaban J connectivity index is 1.87. The molecule has 0 radical (unpaired) electrons. The predicted octanol–water partition coefficient (Wildman–Crippen LogP) is 1.36. The normalized spacial score (nSPS) is 32.5. The second kappa shape index (κ2) is 5.36. The second-order valence-electron chi connectivity index (χ2n) is 5.91. The average Bonchev–Trinajstić information content (AvgIpc) is 2.40. The molecule has 2 unspecified atom stereocenters. The molecule has 2 aliphatic rings. The molecule has 2 rings (SSSR count). The van der Waals surface area contributed by atoms with Gasteiger partial charge < -0.3 is 15.7 Å². The van der Waals surface area contributed by atoms with Crippen LogP contribution < -0.4 is 10.6 Å². The molecule has 17 heavy (non-hydrogen) atoms. The van der Waals surface area contributed by atoms with Crippen LogP contribution in [0.1, 0.15) is 45.4 Å². The van der Waals surface area contributed by atoms with Crippen LogP contribution in [0, 0.1) is 5.92 Å². The van der Waals surface area contributed by atoms with Gasteiger partial charge in [-0.2, -0.15) is 0 Å². The number of hydrogen-bond donors (Lipinski definition) is 3. The third-order valence-electron chi connectivity index (χ3n) is 4.18. The first kappa shape index (κ1) is 12.8. The van der Waals surface area contributed by atoms with Crippen LogP contribution in [-0.2, 0) is 4.79 Å². The lowest BCUT2D eigenvalue weighted by Crippen LogP contribution is -2.70. The van der Waals surface area contributed by atoms with E-state index in [9.17, 15) is 4.79 Å². The summed E-state index contributed by atoms with van der Waals surface area (Å²) in [6.45, 7) is 3.91. The third-order valence-corrected chi connectivity index (χ3v) is 4.18. The molecule has 1 saturated carbocycles. The van der Waals surface area contributed by atoms with Gasteiger partial charge in [0, 0.05) is 19.1 Å². The zero-order valence-electron chi connectivity index (χ0n) is 10.7. The van der Waals surface area contributed by atoms with Gasteiger partial charge in [-0.25, -0.2) is 0 Å². The monoisotopic (exact) mass is 240 g/mol. The van der Waals surface area contributed by atoms with Crippen LogP contribution in [0.2, 0.25) is 0 Å². The maximum atomic E-state index is 10.9.